The third-order valence-electron chi connectivity index (χ3n) is 5.74. The summed E-state index contributed by atoms with van der Waals surface area (Å²) in [5, 5.41) is 11.3. The summed E-state index contributed by atoms with van der Waals surface area (Å²) in [5.41, 5.74) is 2.55. The lowest BCUT2D eigenvalue weighted by atomic mass is 9.93. The van der Waals surface area contributed by atoms with Gasteiger partial charge in [-0.3, -0.25) is 14.6 Å². The van der Waals surface area contributed by atoms with Crippen LogP contribution in [0.15, 0.2) is 72.6 Å². The van der Waals surface area contributed by atoms with Gasteiger partial charge in [0.25, 0.3) is 11.7 Å². The second-order valence-corrected chi connectivity index (χ2v) is 7.71. The van der Waals surface area contributed by atoms with Gasteiger partial charge >= 0.3 is 0 Å². The highest BCUT2D eigenvalue weighted by atomic mass is 16.5. The minimum Gasteiger partial charge on any atom is -0.507 e. The molecule has 7 nitrogen and oxygen atoms in total. The number of carbonyl (C=O) groups is 2. The van der Waals surface area contributed by atoms with E-state index in [2.05, 4.69) is 4.98 Å². The van der Waals surface area contributed by atoms with E-state index in [1.165, 1.54) is 12.0 Å². The fourth-order valence-electron chi connectivity index (χ4n) is 4.12. The van der Waals surface area contributed by atoms with Crippen molar-refractivity contribution in [2.75, 3.05) is 14.2 Å². The fourth-order valence-corrected chi connectivity index (χ4v) is 4.12. The summed E-state index contributed by atoms with van der Waals surface area (Å²) in [6.07, 6.45) is 3.29. The molecule has 0 bridgehead atoms. The van der Waals surface area contributed by atoms with Gasteiger partial charge in [0, 0.05) is 30.1 Å². The molecule has 1 aromatic heterocycles. The number of nitrogens with zero attached hydrogens (tertiary/aromatic N) is 2. The van der Waals surface area contributed by atoms with Crippen LogP contribution >= 0.6 is 0 Å². The number of benzene rings is 2. The number of likely N-dealkylation sites (tertiary alicyclic amines) is 1. The molecule has 2 heterocycles. The number of rotatable bonds is 6. The number of carbonyl (C=O) groups excluding carboxylic acids is 2. The topological polar surface area (TPSA) is 89.0 Å². The monoisotopic (exact) mass is 444 g/mol. The first-order valence-corrected chi connectivity index (χ1v) is 10.4. The second-order valence-electron chi connectivity index (χ2n) is 7.71. The quantitative estimate of drug-likeness (QED) is 0.351. The van der Waals surface area contributed by atoms with Crippen LogP contribution in [0.25, 0.3) is 5.76 Å². The van der Waals surface area contributed by atoms with Crippen molar-refractivity contribution in [2.24, 2.45) is 0 Å². The van der Waals surface area contributed by atoms with E-state index in [1.54, 1.807) is 68.9 Å². The number of aromatic nitrogens is 1. The average molecular weight is 444 g/mol. The van der Waals surface area contributed by atoms with Crippen LogP contribution in [0.3, 0.4) is 0 Å². The van der Waals surface area contributed by atoms with Crippen LogP contribution in [0.2, 0.25) is 0 Å². The van der Waals surface area contributed by atoms with Gasteiger partial charge in [0.15, 0.2) is 0 Å². The number of ether oxygens (including phenoxy) is 2. The van der Waals surface area contributed by atoms with Gasteiger partial charge in [0.1, 0.15) is 17.3 Å². The zero-order valence-electron chi connectivity index (χ0n) is 18.6. The normalized spacial score (nSPS) is 17.3. The van der Waals surface area contributed by atoms with Crippen LogP contribution in [0.4, 0.5) is 0 Å². The Balaban J connectivity index is 1.91. The van der Waals surface area contributed by atoms with E-state index in [1.807, 2.05) is 12.1 Å². The molecule has 0 radical (unpaired) electrons. The second kappa shape index (κ2) is 9.16. The Hall–Kier alpha value is -4.13. The molecule has 168 valence electrons. The fraction of sp³-hybridized carbons (Fsp3) is 0.192. The summed E-state index contributed by atoms with van der Waals surface area (Å²) in [6.45, 7) is 1.96. The number of ketones is 1. The van der Waals surface area contributed by atoms with Crippen molar-refractivity contribution >= 4 is 17.4 Å². The van der Waals surface area contributed by atoms with E-state index in [4.69, 9.17) is 9.47 Å². The van der Waals surface area contributed by atoms with Crippen molar-refractivity contribution in [1.82, 2.24) is 9.88 Å². The lowest BCUT2D eigenvalue weighted by molar-refractivity contribution is -0.140. The zero-order chi connectivity index (χ0) is 23.5. The molecule has 7 heteroatoms. The predicted octanol–water partition coefficient (Wildman–Crippen LogP) is 4.03. The average Bonchev–Trinajstić information content (AvgIpc) is 3.09. The maximum atomic E-state index is 13.2. The van der Waals surface area contributed by atoms with Gasteiger partial charge in [-0.05, 0) is 48.4 Å². The van der Waals surface area contributed by atoms with Gasteiger partial charge < -0.3 is 19.5 Å². The number of pyridine rings is 1. The molecule has 2 aromatic carbocycles. The molecule has 1 saturated heterocycles. The maximum Gasteiger partial charge on any atom is 0.295 e. The number of hydrogen-bond acceptors (Lipinski definition) is 6. The van der Waals surface area contributed by atoms with Gasteiger partial charge in [-0.1, -0.05) is 24.3 Å². The first-order valence-electron chi connectivity index (χ1n) is 10.4. The Kier molecular flexibility index (Phi) is 6.13. The number of aryl methyl sites for hydroxylation is 1. The molecular formula is C26H24N2O5. The predicted molar refractivity (Wildman–Crippen MR) is 123 cm³/mol. The van der Waals surface area contributed by atoms with Crippen LogP contribution in [-0.4, -0.2) is 40.9 Å². The lowest BCUT2D eigenvalue weighted by Gasteiger charge is -2.26. The third kappa shape index (κ3) is 4.05. The Morgan fingerprint density at radius 1 is 1.06 bits per heavy atom. The summed E-state index contributed by atoms with van der Waals surface area (Å²) in [4.78, 5) is 32.0. The van der Waals surface area contributed by atoms with Crippen LogP contribution in [0.5, 0.6) is 11.5 Å². The number of para-hydroxylation sites is 1. The van der Waals surface area contributed by atoms with E-state index in [9.17, 15) is 14.7 Å². The smallest absolute Gasteiger partial charge is 0.295 e. The molecule has 33 heavy (non-hydrogen) atoms. The molecule has 1 N–H and O–H groups in total. The van der Waals surface area contributed by atoms with Crippen molar-refractivity contribution in [1.29, 1.82) is 0 Å². The summed E-state index contributed by atoms with van der Waals surface area (Å²) in [7, 11) is 3.08. The number of Topliss-reactive ketones (excluding diaryl/α,β-unsaturated/α-hetero) is 1. The Bertz CT molecular complexity index is 1240. The van der Waals surface area contributed by atoms with E-state index in [0.29, 0.717) is 28.2 Å². The molecule has 1 amide bonds. The summed E-state index contributed by atoms with van der Waals surface area (Å²) in [5.74, 6) is -0.539. The molecule has 4 rings (SSSR count). The zero-order valence-corrected chi connectivity index (χ0v) is 18.6. The molecule has 1 aliphatic rings. The summed E-state index contributed by atoms with van der Waals surface area (Å²) < 4.78 is 10.8. The van der Waals surface area contributed by atoms with Gasteiger partial charge in [-0.25, -0.2) is 0 Å². The minimum absolute atomic E-state index is 0.0154. The number of hydrogen-bond donors (Lipinski definition) is 1. The Morgan fingerprint density at radius 2 is 1.85 bits per heavy atom. The minimum atomic E-state index is -0.831. The number of amides is 1. The molecule has 1 atom stereocenters. The highest BCUT2D eigenvalue weighted by Crippen LogP contribution is 2.43. The summed E-state index contributed by atoms with van der Waals surface area (Å²) in [6, 6.07) is 15.1. The number of aliphatic hydroxyl groups excluding tert-OH is 1. The first-order chi connectivity index (χ1) is 16.0. The number of aliphatic hydroxyl groups is 1. The maximum absolute atomic E-state index is 13.2. The van der Waals surface area contributed by atoms with Gasteiger partial charge in [-0.2, -0.15) is 0 Å². The van der Waals surface area contributed by atoms with Crippen molar-refractivity contribution in [3.63, 3.8) is 0 Å². The van der Waals surface area contributed by atoms with Gasteiger partial charge in [-0.15, -0.1) is 0 Å². The molecule has 0 saturated carbocycles. The van der Waals surface area contributed by atoms with Crippen molar-refractivity contribution in [3.8, 4) is 11.5 Å². The van der Waals surface area contributed by atoms with Crippen LogP contribution in [0, 0.1) is 6.92 Å². The van der Waals surface area contributed by atoms with Gasteiger partial charge in [0.05, 0.1) is 25.8 Å². The largest absolute Gasteiger partial charge is 0.507 e. The molecule has 1 fully saturated rings. The van der Waals surface area contributed by atoms with E-state index in [0.717, 1.165) is 5.56 Å². The number of methoxy groups -OCH3 is 2. The van der Waals surface area contributed by atoms with E-state index >= 15 is 0 Å². The first kappa shape index (κ1) is 22.1. The summed E-state index contributed by atoms with van der Waals surface area (Å²) >= 11 is 0. The van der Waals surface area contributed by atoms with Gasteiger partial charge in [0.2, 0.25) is 0 Å². The van der Waals surface area contributed by atoms with Crippen molar-refractivity contribution < 1.29 is 24.2 Å². The highest BCUT2D eigenvalue weighted by molar-refractivity contribution is 6.46. The van der Waals surface area contributed by atoms with Crippen molar-refractivity contribution in [2.45, 2.75) is 19.5 Å². The van der Waals surface area contributed by atoms with E-state index in [-0.39, 0.29) is 17.9 Å². The van der Waals surface area contributed by atoms with E-state index < -0.39 is 17.7 Å². The SMILES string of the molecule is COc1ccc(/C(O)=C2\C(=O)C(=O)N(Cc3cccnc3)[C@@H]2c2ccccc2OC)c(C)c1. The van der Waals surface area contributed by atoms with Crippen LogP contribution < -0.4 is 9.47 Å². The molecular weight excluding hydrogens is 420 g/mol. The van der Waals surface area contributed by atoms with Crippen LogP contribution in [0.1, 0.15) is 28.3 Å². The molecule has 1 aliphatic heterocycles. The molecule has 0 spiro atoms. The Morgan fingerprint density at radius 3 is 2.52 bits per heavy atom. The van der Waals surface area contributed by atoms with Crippen molar-refractivity contribution in [3.05, 3.63) is 94.8 Å². The van der Waals surface area contributed by atoms with Crippen LogP contribution in [-0.2, 0) is 16.1 Å². The lowest BCUT2D eigenvalue weighted by Crippen LogP contribution is -2.29. The molecule has 3 aromatic rings. The third-order valence-corrected chi connectivity index (χ3v) is 5.74. The highest BCUT2D eigenvalue weighted by Gasteiger charge is 2.47. The molecule has 0 aliphatic carbocycles. The Labute approximate surface area is 191 Å². The molecule has 0 unspecified atom stereocenters. The standard InChI is InChI=1S/C26H24N2O5/c1-16-13-18(32-2)10-11-19(16)24(29)22-23(20-8-4-5-9-21(20)33-3)28(26(31)25(22)30)15-17-7-6-12-27-14-17/h4-14,23,29H,15H2,1-3H3/b24-22+/t23-/m1/s1.